The summed E-state index contributed by atoms with van der Waals surface area (Å²) in [5.41, 5.74) is 0. The minimum absolute atomic E-state index is 0.0889. The van der Waals surface area contributed by atoms with Crippen LogP contribution in [0, 0.1) is 0 Å². The fraction of sp³-hybridized carbons (Fsp3) is 1.00. The highest BCUT2D eigenvalue weighted by molar-refractivity contribution is 7.95. The van der Waals surface area contributed by atoms with Crippen molar-refractivity contribution in [3.63, 3.8) is 0 Å². The lowest BCUT2D eigenvalue weighted by Crippen LogP contribution is -2.44. The van der Waals surface area contributed by atoms with Crippen LogP contribution < -0.4 is 0 Å². The predicted octanol–water partition coefficient (Wildman–Crippen LogP) is 3.35. The lowest BCUT2D eigenvalue weighted by atomic mass is 10.1. The molecule has 1 heterocycles. The van der Waals surface area contributed by atoms with Crippen LogP contribution in [0.15, 0.2) is 0 Å². The van der Waals surface area contributed by atoms with Gasteiger partial charge in [0, 0.05) is 22.6 Å². The van der Waals surface area contributed by atoms with Gasteiger partial charge in [0.1, 0.15) is 0 Å². The van der Waals surface area contributed by atoms with E-state index in [-0.39, 0.29) is 9.49 Å². The van der Waals surface area contributed by atoms with Crippen LogP contribution in [0.25, 0.3) is 0 Å². The lowest BCUT2D eigenvalue weighted by Gasteiger charge is -2.36. The maximum atomic E-state index is 9.30. The highest BCUT2D eigenvalue weighted by Crippen LogP contribution is 2.24. The molecule has 0 aromatic heterocycles. The van der Waals surface area contributed by atoms with Crippen LogP contribution in [0.4, 0.5) is 0 Å². The zero-order valence-electron chi connectivity index (χ0n) is 13.3. The van der Waals surface area contributed by atoms with Crippen LogP contribution >= 0.6 is 24.1 Å². The van der Waals surface area contributed by atoms with Gasteiger partial charge in [-0.05, 0) is 90.8 Å². The van der Waals surface area contributed by atoms with Crippen LogP contribution in [0.5, 0.6) is 0 Å². The first kappa shape index (κ1) is 18.6. The van der Waals surface area contributed by atoms with E-state index in [4.69, 9.17) is 0 Å². The van der Waals surface area contributed by atoms with Gasteiger partial charge in [0.15, 0.2) is 0 Å². The van der Waals surface area contributed by atoms with Crippen molar-refractivity contribution in [2.75, 3.05) is 39.3 Å². The molecule has 4 nitrogen and oxygen atoms in total. The van der Waals surface area contributed by atoms with E-state index >= 15 is 0 Å². The van der Waals surface area contributed by atoms with Crippen molar-refractivity contribution in [1.29, 1.82) is 0 Å². The average Bonchev–Trinajstić information content (AvgIpc) is 2.35. The second-order valence-corrected chi connectivity index (χ2v) is 9.54. The zero-order chi connectivity index (χ0) is 15.2. The maximum absolute atomic E-state index is 9.30. The van der Waals surface area contributed by atoms with Gasteiger partial charge < -0.3 is 18.9 Å². The van der Waals surface area contributed by atoms with Gasteiger partial charge in [0.2, 0.25) is 0 Å². The van der Waals surface area contributed by atoms with E-state index in [9.17, 15) is 9.11 Å². The summed E-state index contributed by atoms with van der Waals surface area (Å²) in [6.07, 6.45) is 2.30. The van der Waals surface area contributed by atoms with Crippen LogP contribution in [-0.2, 0) is 0 Å². The van der Waals surface area contributed by atoms with E-state index < -0.39 is 0 Å². The molecule has 2 N–H and O–H groups in total. The normalized spacial score (nSPS) is 20.7. The molecule has 0 saturated carbocycles. The summed E-state index contributed by atoms with van der Waals surface area (Å²) < 4.78 is 18.4. The summed E-state index contributed by atoms with van der Waals surface area (Å²) in [5, 5.41) is 0. The molecule has 1 aliphatic heterocycles. The van der Waals surface area contributed by atoms with E-state index in [2.05, 4.69) is 37.5 Å². The van der Waals surface area contributed by atoms with Gasteiger partial charge in [-0.3, -0.25) is 0 Å². The molecular formula is C14H30N2O2S2. The largest absolute Gasteiger partial charge is 0.329 e. The van der Waals surface area contributed by atoms with Gasteiger partial charge >= 0.3 is 0 Å². The van der Waals surface area contributed by atoms with Gasteiger partial charge in [-0.1, -0.05) is 0 Å². The first-order valence-electron chi connectivity index (χ1n) is 7.38. The monoisotopic (exact) mass is 322 g/mol. The van der Waals surface area contributed by atoms with Crippen molar-refractivity contribution >= 4 is 24.1 Å². The van der Waals surface area contributed by atoms with Gasteiger partial charge in [0.05, 0.1) is 0 Å². The van der Waals surface area contributed by atoms with Crippen molar-refractivity contribution in [3.05, 3.63) is 0 Å². The third-order valence-corrected chi connectivity index (χ3v) is 4.85. The lowest BCUT2D eigenvalue weighted by molar-refractivity contribution is 0.168. The molecule has 0 aromatic rings. The molecule has 1 fully saturated rings. The summed E-state index contributed by atoms with van der Waals surface area (Å²) in [5.74, 6) is 0. The summed E-state index contributed by atoms with van der Waals surface area (Å²) >= 11 is 1.92. The number of rotatable bonds is 6. The van der Waals surface area contributed by atoms with E-state index in [1.807, 2.05) is 0 Å². The Bertz CT molecular complexity index is 252. The molecule has 0 aliphatic carbocycles. The van der Waals surface area contributed by atoms with Crippen LogP contribution in [-0.4, -0.2) is 67.7 Å². The predicted molar refractivity (Wildman–Crippen MR) is 90.7 cm³/mol. The minimum Gasteiger partial charge on any atom is -0.329 e. The fourth-order valence-corrected chi connectivity index (χ4v) is 3.19. The Balaban J connectivity index is 2.40. The van der Waals surface area contributed by atoms with Gasteiger partial charge in [-0.15, -0.1) is 0 Å². The second kappa shape index (κ2) is 8.25. The van der Waals surface area contributed by atoms with E-state index in [0.717, 1.165) is 76.2 Å². The maximum Gasteiger partial charge on any atom is 0.0490 e. The summed E-state index contributed by atoms with van der Waals surface area (Å²) in [6, 6.07) is 0. The Morgan fingerprint density at radius 3 is 1.30 bits per heavy atom. The molecule has 120 valence electrons. The molecule has 0 unspecified atom stereocenters. The molecule has 1 saturated heterocycles. The zero-order valence-corrected chi connectivity index (χ0v) is 14.9. The Hall–Kier alpha value is 0.540. The molecule has 1 rings (SSSR count). The third kappa shape index (κ3) is 7.00. The molecule has 0 radical (unpaired) electrons. The topological polar surface area (TPSA) is 46.9 Å². The molecule has 1 aliphatic rings. The van der Waals surface area contributed by atoms with Crippen molar-refractivity contribution in [2.45, 2.75) is 50.0 Å². The van der Waals surface area contributed by atoms with Gasteiger partial charge in [-0.2, -0.15) is 0 Å². The second-order valence-electron chi connectivity index (χ2n) is 6.96. The summed E-state index contributed by atoms with van der Waals surface area (Å²) in [6.45, 7) is 14.6. The molecular weight excluding hydrogens is 292 g/mol. The van der Waals surface area contributed by atoms with Crippen molar-refractivity contribution in [1.82, 2.24) is 9.80 Å². The van der Waals surface area contributed by atoms with E-state index in [0.29, 0.717) is 0 Å². The third-order valence-electron chi connectivity index (χ3n) is 3.60. The van der Waals surface area contributed by atoms with Crippen LogP contribution in [0.1, 0.15) is 40.5 Å². The Labute approximate surface area is 132 Å². The van der Waals surface area contributed by atoms with Crippen molar-refractivity contribution in [3.8, 4) is 0 Å². The van der Waals surface area contributed by atoms with Crippen LogP contribution in [0.2, 0.25) is 0 Å². The van der Waals surface area contributed by atoms with Crippen LogP contribution in [0.3, 0.4) is 0 Å². The van der Waals surface area contributed by atoms with Crippen molar-refractivity contribution < 1.29 is 9.11 Å². The van der Waals surface area contributed by atoms with Gasteiger partial charge in [-0.25, -0.2) is 0 Å². The highest BCUT2D eigenvalue weighted by Gasteiger charge is 2.25. The SMILES string of the molecule is CC(C)(CN1CCCN(CC(C)(C)SO)CCC1)SO. The van der Waals surface area contributed by atoms with E-state index in [1.165, 1.54) is 0 Å². The highest BCUT2D eigenvalue weighted by atomic mass is 32.2. The number of nitrogens with zero attached hydrogens (tertiary/aromatic N) is 2. The average molecular weight is 323 g/mol. The number of hydrogen-bond acceptors (Lipinski definition) is 6. The standard InChI is InChI=1S/C14H30N2O2S2/c1-13(2,19-17)11-15-7-5-9-16(10-6-8-15)12-14(3,4)20-18/h17-18H,5-12H2,1-4H3. The molecule has 0 bridgehead atoms. The molecule has 20 heavy (non-hydrogen) atoms. The Kier molecular flexibility index (Phi) is 7.66. The molecule has 0 amide bonds. The molecule has 0 atom stereocenters. The van der Waals surface area contributed by atoms with Crippen molar-refractivity contribution in [2.24, 2.45) is 0 Å². The Morgan fingerprint density at radius 2 is 1.05 bits per heavy atom. The first-order valence-corrected chi connectivity index (χ1v) is 8.92. The first-order chi connectivity index (χ1) is 9.28. The summed E-state index contributed by atoms with van der Waals surface area (Å²) in [4.78, 5) is 4.93. The summed E-state index contributed by atoms with van der Waals surface area (Å²) in [7, 11) is 0. The molecule has 0 aromatic carbocycles. The fourth-order valence-electron chi connectivity index (χ4n) is 2.71. The molecule has 0 spiro atoms. The smallest absolute Gasteiger partial charge is 0.0490 e. The minimum atomic E-state index is -0.0889. The number of hydrogen-bond donors (Lipinski definition) is 2. The quantitative estimate of drug-likeness (QED) is 0.731. The Morgan fingerprint density at radius 1 is 0.750 bits per heavy atom. The van der Waals surface area contributed by atoms with E-state index in [1.54, 1.807) is 0 Å². The van der Waals surface area contributed by atoms with Gasteiger partial charge in [0.25, 0.3) is 0 Å². The molecule has 6 heteroatoms.